The summed E-state index contributed by atoms with van der Waals surface area (Å²) in [7, 11) is 0. The van der Waals surface area contributed by atoms with Gasteiger partial charge in [-0.25, -0.2) is 9.78 Å². The molecule has 1 N–H and O–H groups in total. The van der Waals surface area contributed by atoms with Gasteiger partial charge in [0.05, 0.1) is 11.3 Å². The maximum atomic E-state index is 13.6. The molecule has 0 saturated carbocycles. The molecule has 6 heteroatoms. The molecule has 34 heavy (non-hydrogen) atoms. The number of nitrogens with one attached hydrogen (secondary N) is 1. The smallest absolute Gasteiger partial charge is 0.338 e. The highest BCUT2D eigenvalue weighted by atomic mass is 16.5. The van der Waals surface area contributed by atoms with E-state index in [0.717, 1.165) is 22.8 Å². The maximum Gasteiger partial charge on any atom is 0.338 e. The van der Waals surface area contributed by atoms with Gasteiger partial charge in [0, 0.05) is 22.6 Å². The topological polar surface area (TPSA) is 75.3 Å². The van der Waals surface area contributed by atoms with Crippen LogP contribution in [0.3, 0.4) is 0 Å². The molecule has 172 valence electrons. The van der Waals surface area contributed by atoms with Crippen molar-refractivity contribution in [1.29, 1.82) is 0 Å². The Balaban J connectivity index is 1.54. The highest BCUT2D eigenvalue weighted by molar-refractivity contribution is 6.04. The van der Waals surface area contributed by atoms with Gasteiger partial charge in [-0.2, -0.15) is 0 Å². The van der Waals surface area contributed by atoms with Crippen LogP contribution in [0.15, 0.2) is 84.9 Å². The molecule has 1 aromatic heterocycles. The molecule has 0 fully saturated rings. The summed E-state index contributed by atoms with van der Waals surface area (Å²) < 4.78 is 5.69. The zero-order chi connectivity index (χ0) is 24.1. The first-order valence-corrected chi connectivity index (χ1v) is 11.3. The number of H-pyrrole nitrogens is 1. The van der Waals surface area contributed by atoms with Gasteiger partial charge in [0.2, 0.25) is 0 Å². The van der Waals surface area contributed by atoms with Crippen molar-refractivity contribution in [3.05, 3.63) is 102 Å². The van der Waals surface area contributed by atoms with E-state index in [-0.39, 0.29) is 5.91 Å². The number of nitrogens with zero attached hydrogens (tertiary/aromatic N) is 2. The first-order valence-electron chi connectivity index (χ1n) is 11.3. The molecule has 1 amide bonds. The van der Waals surface area contributed by atoms with E-state index in [9.17, 15) is 9.59 Å². The molecule has 4 aromatic rings. The van der Waals surface area contributed by atoms with Crippen molar-refractivity contribution in [3.63, 3.8) is 0 Å². The summed E-state index contributed by atoms with van der Waals surface area (Å²) in [6, 6.07) is 25.7. The third-order valence-corrected chi connectivity index (χ3v) is 5.67. The summed E-state index contributed by atoms with van der Waals surface area (Å²) in [5.41, 5.74) is 4.60. The van der Waals surface area contributed by atoms with Crippen LogP contribution in [0.25, 0.3) is 11.4 Å². The van der Waals surface area contributed by atoms with Crippen LogP contribution in [0.4, 0.5) is 11.4 Å². The zero-order valence-corrected chi connectivity index (χ0v) is 19.5. The summed E-state index contributed by atoms with van der Waals surface area (Å²) in [6.45, 7) is 5.74. The number of aryl methyl sites for hydroxylation is 2. The van der Waals surface area contributed by atoms with Crippen LogP contribution >= 0.6 is 0 Å². The SMILES string of the molecule is CCC(OC(=O)c1ccc(-c2nc(C)c(C)[nH]2)cc1)C(=O)N(c1ccccc1)c1ccccc1. The quantitative estimate of drug-likeness (QED) is 0.349. The average molecular weight is 454 g/mol. The van der Waals surface area contributed by atoms with Crippen molar-refractivity contribution in [3.8, 4) is 11.4 Å². The van der Waals surface area contributed by atoms with Gasteiger partial charge in [0.25, 0.3) is 5.91 Å². The zero-order valence-electron chi connectivity index (χ0n) is 19.5. The largest absolute Gasteiger partial charge is 0.449 e. The van der Waals surface area contributed by atoms with Crippen molar-refractivity contribution < 1.29 is 14.3 Å². The number of aromatic amines is 1. The first-order chi connectivity index (χ1) is 16.5. The maximum absolute atomic E-state index is 13.6. The van der Waals surface area contributed by atoms with Crippen molar-refractivity contribution in [2.24, 2.45) is 0 Å². The van der Waals surface area contributed by atoms with E-state index in [1.807, 2.05) is 93.6 Å². The van der Waals surface area contributed by atoms with Gasteiger partial charge in [-0.1, -0.05) is 55.5 Å². The Morgan fingerprint density at radius 1 is 0.882 bits per heavy atom. The van der Waals surface area contributed by atoms with Crippen molar-refractivity contribution in [2.45, 2.75) is 33.3 Å². The lowest BCUT2D eigenvalue weighted by molar-refractivity contribution is -0.126. The highest BCUT2D eigenvalue weighted by Gasteiger charge is 2.29. The number of ether oxygens (including phenoxy) is 1. The minimum atomic E-state index is -0.928. The molecule has 4 rings (SSSR count). The van der Waals surface area contributed by atoms with Crippen LogP contribution in [0.5, 0.6) is 0 Å². The molecule has 6 nitrogen and oxygen atoms in total. The van der Waals surface area contributed by atoms with E-state index in [4.69, 9.17) is 4.74 Å². The van der Waals surface area contributed by atoms with Crippen LogP contribution in [0.2, 0.25) is 0 Å². The molecular formula is C28H27N3O3. The first kappa shape index (κ1) is 23.0. The van der Waals surface area contributed by atoms with Crippen LogP contribution in [-0.2, 0) is 9.53 Å². The Morgan fingerprint density at radius 2 is 1.44 bits per heavy atom. The monoisotopic (exact) mass is 453 g/mol. The van der Waals surface area contributed by atoms with Crippen molar-refractivity contribution in [1.82, 2.24) is 9.97 Å². The Morgan fingerprint density at radius 3 is 1.91 bits per heavy atom. The predicted octanol–water partition coefficient (Wildman–Crippen LogP) is 5.99. The lowest BCUT2D eigenvalue weighted by Gasteiger charge is -2.27. The molecule has 1 unspecified atom stereocenters. The van der Waals surface area contributed by atoms with Gasteiger partial charge in [0.1, 0.15) is 5.82 Å². The number of esters is 1. The Bertz CT molecular complexity index is 1210. The number of carbonyl (C=O) groups is 2. The number of rotatable bonds is 7. The minimum absolute atomic E-state index is 0.300. The molecule has 0 spiro atoms. The van der Waals surface area contributed by atoms with E-state index in [2.05, 4.69) is 9.97 Å². The summed E-state index contributed by atoms with van der Waals surface area (Å²) in [5.74, 6) is -0.0936. The van der Waals surface area contributed by atoms with Gasteiger partial charge in [-0.05, 0) is 56.7 Å². The van der Waals surface area contributed by atoms with E-state index in [0.29, 0.717) is 23.4 Å². The van der Waals surface area contributed by atoms with E-state index >= 15 is 0 Å². The molecule has 0 aliphatic heterocycles. The number of carbonyl (C=O) groups excluding carboxylic acids is 2. The Hall–Kier alpha value is -4.19. The summed E-state index contributed by atoms with van der Waals surface area (Å²) in [5, 5.41) is 0. The van der Waals surface area contributed by atoms with Crippen molar-refractivity contribution >= 4 is 23.3 Å². The van der Waals surface area contributed by atoms with Crippen LogP contribution in [0.1, 0.15) is 35.1 Å². The molecule has 0 bridgehead atoms. The third kappa shape index (κ3) is 4.91. The highest BCUT2D eigenvalue weighted by Crippen LogP contribution is 2.27. The number of para-hydroxylation sites is 2. The number of aromatic nitrogens is 2. The number of benzene rings is 3. The summed E-state index contributed by atoms with van der Waals surface area (Å²) >= 11 is 0. The van der Waals surface area contributed by atoms with E-state index in [1.54, 1.807) is 17.0 Å². The Labute approximate surface area is 199 Å². The fraction of sp³-hybridized carbons (Fsp3) is 0.179. The lowest BCUT2D eigenvalue weighted by atomic mass is 10.1. The lowest BCUT2D eigenvalue weighted by Crippen LogP contribution is -2.38. The molecule has 0 saturated heterocycles. The predicted molar refractivity (Wildman–Crippen MR) is 133 cm³/mol. The number of amides is 1. The van der Waals surface area contributed by atoms with Crippen molar-refractivity contribution in [2.75, 3.05) is 4.90 Å². The second-order valence-corrected chi connectivity index (χ2v) is 8.02. The third-order valence-electron chi connectivity index (χ3n) is 5.67. The number of hydrogen-bond donors (Lipinski definition) is 1. The molecule has 1 atom stereocenters. The van der Waals surface area contributed by atoms with E-state index < -0.39 is 12.1 Å². The summed E-state index contributed by atoms with van der Waals surface area (Å²) in [6.07, 6.45) is -0.577. The Kier molecular flexibility index (Phi) is 6.87. The number of hydrogen-bond acceptors (Lipinski definition) is 4. The van der Waals surface area contributed by atoms with Gasteiger partial charge in [-0.15, -0.1) is 0 Å². The van der Waals surface area contributed by atoms with Crippen LogP contribution < -0.4 is 4.90 Å². The molecular weight excluding hydrogens is 426 g/mol. The van der Waals surface area contributed by atoms with Crippen LogP contribution in [-0.4, -0.2) is 27.9 Å². The minimum Gasteiger partial charge on any atom is -0.449 e. The number of anilines is 2. The van der Waals surface area contributed by atoms with E-state index in [1.165, 1.54) is 0 Å². The van der Waals surface area contributed by atoms with Gasteiger partial charge in [0.15, 0.2) is 6.10 Å². The van der Waals surface area contributed by atoms with Gasteiger partial charge < -0.3 is 9.72 Å². The van der Waals surface area contributed by atoms with Crippen LogP contribution in [0, 0.1) is 13.8 Å². The molecule has 3 aromatic carbocycles. The second kappa shape index (κ2) is 10.2. The standard InChI is InChI=1S/C28H27N3O3/c1-4-25(27(32)31(23-11-7-5-8-12-23)24-13-9-6-10-14-24)34-28(33)22-17-15-21(16-18-22)26-29-19(2)20(3)30-26/h5-18,25H,4H2,1-3H3,(H,29,30). The molecule has 1 heterocycles. The normalized spacial score (nSPS) is 11.6. The fourth-order valence-electron chi connectivity index (χ4n) is 3.66. The molecule has 0 radical (unpaired) electrons. The van der Waals surface area contributed by atoms with Gasteiger partial charge in [-0.3, -0.25) is 9.69 Å². The molecule has 0 aliphatic rings. The second-order valence-electron chi connectivity index (χ2n) is 8.02. The average Bonchev–Trinajstić information content (AvgIpc) is 3.22. The van der Waals surface area contributed by atoms with Gasteiger partial charge >= 0.3 is 5.97 Å². The molecule has 0 aliphatic carbocycles. The number of imidazole rings is 1. The fourth-order valence-corrected chi connectivity index (χ4v) is 3.66. The summed E-state index contributed by atoms with van der Waals surface area (Å²) in [4.78, 5) is 35.8.